The van der Waals surface area contributed by atoms with E-state index in [1.54, 1.807) is 23.0 Å². The standard InChI is InChI=1S/C35H24ClN7O2/c36-28-18-16-26(17-19-28)33-27(22-42(40-33)29-14-8-3-9-15-29)21-38-39-31(44)23-43-35(45)30(20-37)32(24-10-4-1-5-11-24)34(41-43)25-12-6-2-7-13-25/h1-19,21-22H,23H2,(H,39,44)/b38-21+. The van der Waals surface area contributed by atoms with Gasteiger partial charge in [-0.05, 0) is 29.8 Å². The van der Waals surface area contributed by atoms with Gasteiger partial charge in [0.2, 0.25) is 0 Å². The van der Waals surface area contributed by atoms with Gasteiger partial charge in [0.15, 0.2) is 0 Å². The molecule has 0 unspecified atom stereocenters. The largest absolute Gasteiger partial charge is 0.285 e. The summed E-state index contributed by atoms with van der Waals surface area (Å²) in [6.07, 6.45) is 3.29. The Hall–Kier alpha value is -6.11. The monoisotopic (exact) mass is 609 g/mol. The highest BCUT2D eigenvalue weighted by atomic mass is 35.5. The molecular weight excluding hydrogens is 586 g/mol. The van der Waals surface area contributed by atoms with Gasteiger partial charge in [0.05, 0.1) is 11.9 Å². The number of amides is 1. The van der Waals surface area contributed by atoms with Crippen molar-refractivity contribution in [3.8, 4) is 45.4 Å². The SMILES string of the molecule is N#Cc1c(-c2ccccc2)c(-c2ccccc2)nn(CC(=O)N/N=C/c2cn(-c3ccccc3)nc2-c2ccc(Cl)cc2)c1=O. The smallest absolute Gasteiger partial charge is 0.271 e. The quantitative estimate of drug-likeness (QED) is 0.165. The van der Waals surface area contributed by atoms with Gasteiger partial charge in [-0.1, -0.05) is 103 Å². The lowest BCUT2D eigenvalue weighted by Gasteiger charge is -2.14. The van der Waals surface area contributed by atoms with Crippen LogP contribution in [0.15, 0.2) is 131 Å². The Labute approximate surface area is 263 Å². The number of carbonyl (C=O) groups is 1. The maximum Gasteiger partial charge on any atom is 0.285 e. The molecule has 0 aliphatic carbocycles. The molecule has 0 saturated carbocycles. The van der Waals surface area contributed by atoms with Crippen molar-refractivity contribution in [1.82, 2.24) is 25.0 Å². The maximum atomic E-state index is 13.4. The number of nitrogens with zero attached hydrogens (tertiary/aromatic N) is 6. The van der Waals surface area contributed by atoms with E-state index in [2.05, 4.69) is 15.6 Å². The van der Waals surface area contributed by atoms with E-state index >= 15 is 0 Å². The summed E-state index contributed by atoms with van der Waals surface area (Å²) in [5.74, 6) is -0.597. The fourth-order valence-corrected chi connectivity index (χ4v) is 4.96. The van der Waals surface area contributed by atoms with E-state index < -0.39 is 18.0 Å². The highest BCUT2D eigenvalue weighted by Gasteiger charge is 2.21. The van der Waals surface area contributed by atoms with Gasteiger partial charge in [-0.25, -0.2) is 14.8 Å². The summed E-state index contributed by atoms with van der Waals surface area (Å²) >= 11 is 6.09. The molecule has 10 heteroatoms. The van der Waals surface area contributed by atoms with Crippen LogP contribution in [0.5, 0.6) is 0 Å². The van der Waals surface area contributed by atoms with Crippen LogP contribution in [0.2, 0.25) is 5.02 Å². The minimum Gasteiger partial charge on any atom is -0.271 e. The zero-order valence-corrected chi connectivity index (χ0v) is 24.5. The summed E-state index contributed by atoms with van der Waals surface area (Å²) in [5, 5.41) is 24.1. The molecule has 218 valence electrons. The molecule has 0 bridgehead atoms. The van der Waals surface area contributed by atoms with E-state index in [-0.39, 0.29) is 5.56 Å². The van der Waals surface area contributed by atoms with E-state index in [0.29, 0.717) is 38.7 Å². The first-order chi connectivity index (χ1) is 22.0. The van der Waals surface area contributed by atoms with Crippen LogP contribution in [0.25, 0.3) is 39.3 Å². The Morgan fingerprint density at radius 3 is 2.07 bits per heavy atom. The lowest BCUT2D eigenvalue weighted by Crippen LogP contribution is -2.33. The van der Waals surface area contributed by atoms with Crippen molar-refractivity contribution in [3.05, 3.63) is 148 Å². The van der Waals surface area contributed by atoms with Crippen LogP contribution in [0.3, 0.4) is 0 Å². The van der Waals surface area contributed by atoms with Gasteiger partial charge in [-0.2, -0.15) is 20.6 Å². The Morgan fingerprint density at radius 2 is 1.42 bits per heavy atom. The Morgan fingerprint density at radius 1 is 0.822 bits per heavy atom. The molecule has 0 spiro atoms. The first-order valence-corrected chi connectivity index (χ1v) is 14.3. The first kappa shape index (κ1) is 29.0. The summed E-state index contributed by atoms with van der Waals surface area (Å²) in [5.41, 5.74) is 6.83. The van der Waals surface area contributed by atoms with Gasteiger partial charge in [-0.15, -0.1) is 0 Å². The Bertz CT molecular complexity index is 2100. The van der Waals surface area contributed by atoms with Crippen LogP contribution in [0, 0.1) is 11.3 Å². The summed E-state index contributed by atoms with van der Waals surface area (Å²) in [6, 6.07) is 37.2. The lowest BCUT2D eigenvalue weighted by molar-refractivity contribution is -0.121. The molecule has 6 aromatic rings. The van der Waals surface area contributed by atoms with Gasteiger partial charge in [-0.3, -0.25) is 9.59 Å². The summed E-state index contributed by atoms with van der Waals surface area (Å²) in [4.78, 5) is 26.4. The second-order valence-electron chi connectivity index (χ2n) is 9.92. The normalized spacial score (nSPS) is 10.9. The maximum absolute atomic E-state index is 13.4. The van der Waals surface area contributed by atoms with Crippen LogP contribution in [0.1, 0.15) is 11.1 Å². The fraction of sp³-hybridized carbons (Fsp3) is 0.0286. The molecule has 1 N–H and O–H groups in total. The number of halogens is 1. The predicted molar refractivity (Wildman–Crippen MR) is 174 cm³/mol. The number of hydrogen-bond acceptors (Lipinski definition) is 6. The molecule has 0 aliphatic heterocycles. The molecule has 2 heterocycles. The number of benzene rings is 4. The summed E-state index contributed by atoms with van der Waals surface area (Å²) in [7, 11) is 0. The molecular formula is C35H24ClN7O2. The molecule has 0 saturated heterocycles. The number of hydrazone groups is 1. The zero-order chi connectivity index (χ0) is 31.2. The van der Waals surface area contributed by atoms with Crippen LogP contribution in [0.4, 0.5) is 0 Å². The van der Waals surface area contributed by atoms with Crippen molar-refractivity contribution < 1.29 is 4.79 Å². The molecule has 45 heavy (non-hydrogen) atoms. The van der Waals surface area contributed by atoms with Crippen LogP contribution < -0.4 is 11.0 Å². The average Bonchev–Trinajstić information content (AvgIpc) is 3.51. The number of para-hydroxylation sites is 1. The van der Waals surface area contributed by atoms with Gasteiger partial charge in [0.1, 0.15) is 29.6 Å². The van der Waals surface area contributed by atoms with Crippen molar-refractivity contribution in [2.45, 2.75) is 6.54 Å². The Balaban J connectivity index is 1.30. The van der Waals surface area contributed by atoms with Crippen molar-refractivity contribution in [2.75, 3.05) is 0 Å². The second kappa shape index (κ2) is 13.0. The number of rotatable bonds is 8. The molecule has 0 radical (unpaired) electrons. The molecule has 0 fully saturated rings. The number of aromatic nitrogens is 4. The van der Waals surface area contributed by atoms with Crippen LogP contribution in [-0.4, -0.2) is 31.7 Å². The third kappa shape index (κ3) is 6.32. The second-order valence-corrected chi connectivity index (χ2v) is 10.4. The van der Waals surface area contributed by atoms with E-state index in [0.717, 1.165) is 15.9 Å². The van der Waals surface area contributed by atoms with Gasteiger partial charge < -0.3 is 0 Å². The van der Waals surface area contributed by atoms with Gasteiger partial charge >= 0.3 is 0 Å². The lowest BCUT2D eigenvalue weighted by atomic mass is 9.96. The van der Waals surface area contributed by atoms with Crippen LogP contribution >= 0.6 is 11.6 Å². The van der Waals surface area contributed by atoms with E-state index in [9.17, 15) is 14.9 Å². The highest BCUT2D eigenvalue weighted by Crippen LogP contribution is 2.31. The van der Waals surface area contributed by atoms with E-state index in [4.69, 9.17) is 16.7 Å². The van der Waals surface area contributed by atoms with E-state index in [1.807, 2.05) is 109 Å². The van der Waals surface area contributed by atoms with Gasteiger partial charge in [0, 0.05) is 33.5 Å². The number of nitrogens with one attached hydrogen (secondary N) is 1. The highest BCUT2D eigenvalue weighted by molar-refractivity contribution is 6.30. The average molecular weight is 610 g/mol. The van der Waals surface area contributed by atoms with Crippen LogP contribution in [-0.2, 0) is 11.3 Å². The Kier molecular flexibility index (Phi) is 8.40. The fourth-order valence-electron chi connectivity index (χ4n) is 4.84. The van der Waals surface area contributed by atoms with Crippen molar-refractivity contribution in [2.24, 2.45) is 5.10 Å². The summed E-state index contributed by atoms with van der Waals surface area (Å²) in [6.45, 7) is -0.451. The van der Waals surface area contributed by atoms with E-state index in [1.165, 1.54) is 6.21 Å². The van der Waals surface area contributed by atoms with Gasteiger partial charge in [0.25, 0.3) is 11.5 Å². The number of nitriles is 1. The van der Waals surface area contributed by atoms with Crippen molar-refractivity contribution in [1.29, 1.82) is 5.26 Å². The minimum absolute atomic E-state index is 0.104. The minimum atomic E-state index is -0.677. The molecule has 6 rings (SSSR count). The third-order valence-electron chi connectivity index (χ3n) is 6.94. The molecule has 0 atom stereocenters. The zero-order valence-electron chi connectivity index (χ0n) is 23.7. The number of hydrogen-bond donors (Lipinski definition) is 1. The molecule has 2 aromatic heterocycles. The first-order valence-electron chi connectivity index (χ1n) is 13.9. The molecule has 0 aliphatic rings. The third-order valence-corrected chi connectivity index (χ3v) is 7.20. The number of carbonyl (C=O) groups excluding carboxylic acids is 1. The predicted octanol–water partition coefficient (Wildman–Crippen LogP) is 6.11. The molecule has 1 amide bonds. The topological polar surface area (TPSA) is 118 Å². The van der Waals surface area contributed by atoms with Crippen molar-refractivity contribution >= 4 is 23.7 Å². The van der Waals surface area contributed by atoms with Crippen molar-refractivity contribution in [3.63, 3.8) is 0 Å². The summed E-state index contributed by atoms with van der Waals surface area (Å²) < 4.78 is 2.71. The molecule has 9 nitrogen and oxygen atoms in total. The molecule has 4 aromatic carbocycles.